The van der Waals surface area contributed by atoms with E-state index < -0.39 is 0 Å². The number of rotatable bonds is 5. The van der Waals surface area contributed by atoms with E-state index in [1.54, 1.807) is 30.3 Å². The molecule has 1 atom stereocenters. The lowest BCUT2D eigenvalue weighted by Gasteiger charge is -2.33. The van der Waals surface area contributed by atoms with Gasteiger partial charge < -0.3 is 10.2 Å². The lowest BCUT2D eigenvalue weighted by Crippen LogP contribution is -2.40. The fourth-order valence-corrected chi connectivity index (χ4v) is 3.67. The maximum absolute atomic E-state index is 11.6. The van der Waals surface area contributed by atoms with Crippen molar-refractivity contribution in [3.63, 3.8) is 0 Å². The van der Waals surface area contributed by atoms with Crippen molar-refractivity contribution in [2.75, 3.05) is 27.2 Å². The first-order valence-corrected chi connectivity index (χ1v) is 8.73. The third-order valence-corrected chi connectivity index (χ3v) is 4.93. The molecule has 0 saturated carbocycles. The van der Waals surface area contributed by atoms with Gasteiger partial charge in [0, 0.05) is 51.3 Å². The number of hydrogen-bond acceptors (Lipinski definition) is 4. The van der Waals surface area contributed by atoms with Crippen molar-refractivity contribution in [2.45, 2.75) is 25.6 Å². The molecule has 7 heteroatoms. The van der Waals surface area contributed by atoms with Gasteiger partial charge in [-0.3, -0.25) is 9.58 Å². The molecule has 6 nitrogen and oxygen atoms in total. The van der Waals surface area contributed by atoms with Crippen LogP contribution in [0, 0.1) is 0 Å². The average molecular weight is 333 g/mol. The maximum atomic E-state index is 11.6. The Morgan fingerprint density at radius 3 is 3.09 bits per heavy atom. The number of nitrogens with zero attached hydrogens (tertiary/aromatic N) is 4. The van der Waals surface area contributed by atoms with Crippen molar-refractivity contribution in [3.05, 3.63) is 40.3 Å². The molecule has 0 bridgehead atoms. The average Bonchev–Trinajstić information content (AvgIpc) is 3.18. The van der Waals surface area contributed by atoms with Gasteiger partial charge >= 0.3 is 6.03 Å². The van der Waals surface area contributed by atoms with Gasteiger partial charge in [0.25, 0.3) is 0 Å². The standard InChI is InChI=1S/C16H23N5OS/c1-19(2)16(22)17-7-5-13-10-20(12-15-4-3-9-23-15)11-14-6-8-18-21(13)14/h3-4,6,8-9,13H,5,7,10-12H2,1-2H3,(H,17,22)/t13-/m0/s1. The Labute approximate surface area is 140 Å². The molecular weight excluding hydrogens is 310 g/mol. The van der Waals surface area contributed by atoms with E-state index in [1.165, 1.54) is 10.6 Å². The lowest BCUT2D eigenvalue weighted by molar-refractivity contribution is 0.161. The van der Waals surface area contributed by atoms with Gasteiger partial charge in [-0.1, -0.05) is 6.07 Å². The minimum absolute atomic E-state index is 0.0445. The number of fused-ring (bicyclic) bond motifs is 1. The topological polar surface area (TPSA) is 53.4 Å². The second kappa shape index (κ2) is 7.14. The van der Waals surface area contributed by atoms with Crippen molar-refractivity contribution in [1.82, 2.24) is 24.9 Å². The maximum Gasteiger partial charge on any atom is 0.316 e. The summed E-state index contributed by atoms with van der Waals surface area (Å²) < 4.78 is 2.12. The SMILES string of the molecule is CN(C)C(=O)NCC[C@H]1CN(Cc2cccs2)Cc2ccnn21. The fourth-order valence-electron chi connectivity index (χ4n) is 2.93. The Morgan fingerprint density at radius 2 is 2.35 bits per heavy atom. The summed E-state index contributed by atoms with van der Waals surface area (Å²) in [6.45, 7) is 3.53. The first-order valence-electron chi connectivity index (χ1n) is 7.86. The summed E-state index contributed by atoms with van der Waals surface area (Å²) in [7, 11) is 3.51. The van der Waals surface area contributed by atoms with Crippen molar-refractivity contribution in [3.8, 4) is 0 Å². The number of thiophene rings is 1. The molecule has 0 saturated heterocycles. The number of carbonyl (C=O) groups is 1. The molecule has 3 rings (SSSR count). The zero-order chi connectivity index (χ0) is 16.2. The van der Waals surface area contributed by atoms with Crippen LogP contribution < -0.4 is 5.32 Å². The molecule has 0 radical (unpaired) electrons. The van der Waals surface area contributed by atoms with Crippen LogP contribution in [-0.2, 0) is 13.1 Å². The molecule has 2 amide bonds. The highest BCUT2D eigenvalue weighted by molar-refractivity contribution is 7.09. The van der Waals surface area contributed by atoms with Gasteiger partial charge in [-0.25, -0.2) is 4.79 Å². The van der Waals surface area contributed by atoms with Crippen LogP contribution in [0.2, 0.25) is 0 Å². The second-order valence-corrected chi connectivity index (χ2v) is 7.12. The van der Waals surface area contributed by atoms with Crippen LogP contribution in [-0.4, -0.2) is 52.8 Å². The van der Waals surface area contributed by atoms with Crippen LogP contribution in [0.1, 0.15) is 23.0 Å². The fraction of sp³-hybridized carbons (Fsp3) is 0.500. The predicted octanol–water partition coefficient (Wildman–Crippen LogP) is 2.16. The molecule has 3 heterocycles. The number of carbonyl (C=O) groups excluding carboxylic acids is 1. The van der Waals surface area contributed by atoms with Crippen molar-refractivity contribution < 1.29 is 4.79 Å². The summed E-state index contributed by atoms with van der Waals surface area (Å²) in [5.74, 6) is 0. The van der Waals surface area contributed by atoms with Gasteiger partial charge in [0.2, 0.25) is 0 Å². The Bertz CT molecular complexity index is 637. The van der Waals surface area contributed by atoms with E-state index in [2.05, 4.69) is 43.6 Å². The largest absolute Gasteiger partial charge is 0.338 e. The predicted molar refractivity (Wildman–Crippen MR) is 91.4 cm³/mol. The quantitative estimate of drug-likeness (QED) is 0.912. The summed E-state index contributed by atoms with van der Waals surface area (Å²) >= 11 is 1.80. The molecule has 124 valence electrons. The van der Waals surface area contributed by atoms with Gasteiger partial charge in [0.15, 0.2) is 0 Å². The van der Waals surface area contributed by atoms with Crippen molar-refractivity contribution in [2.24, 2.45) is 0 Å². The molecular formula is C16H23N5OS. The van der Waals surface area contributed by atoms with Gasteiger partial charge in [0.1, 0.15) is 0 Å². The third kappa shape index (κ3) is 3.92. The number of urea groups is 1. The van der Waals surface area contributed by atoms with E-state index in [0.717, 1.165) is 26.1 Å². The molecule has 2 aromatic heterocycles. The van der Waals surface area contributed by atoms with E-state index in [-0.39, 0.29) is 6.03 Å². The Kier molecular flexibility index (Phi) is 4.97. The van der Waals surface area contributed by atoms with Crippen LogP contribution in [0.25, 0.3) is 0 Å². The van der Waals surface area contributed by atoms with Crippen molar-refractivity contribution in [1.29, 1.82) is 0 Å². The Morgan fingerprint density at radius 1 is 1.48 bits per heavy atom. The molecule has 0 aromatic carbocycles. The minimum Gasteiger partial charge on any atom is -0.338 e. The molecule has 2 aromatic rings. The molecule has 0 spiro atoms. The number of amides is 2. The molecule has 0 unspecified atom stereocenters. The third-order valence-electron chi connectivity index (χ3n) is 4.07. The lowest BCUT2D eigenvalue weighted by atomic mass is 10.1. The number of aromatic nitrogens is 2. The highest BCUT2D eigenvalue weighted by Gasteiger charge is 2.25. The Balaban J connectivity index is 1.61. The van der Waals surface area contributed by atoms with E-state index in [1.807, 2.05) is 6.20 Å². The second-order valence-electron chi connectivity index (χ2n) is 6.08. The van der Waals surface area contributed by atoms with Crippen molar-refractivity contribution >= 4 is 17.4 Å². The summed E-state index contributed by atoms with van der Waals surface area (Å²) in [4.78, 5) is 17.0. The van der Waals surface area contributed by atoms with Crippen LogP contribution in [0.3, 0.4) is 0 Å². The molecule has 0 fully saturated rings. The monoisotopic (exact) mass is 333 g/mol. The van der Waals surface area contributed by atoms with Crippen LogP contribution in [0.4, 0.5) is 4.79 Å². The molecule has 1 aliphatic heterocycles. The van der Waals surface area contributed by atoms with Crippen LogP contribution in [0.5, 0.6) is 0 Å². The van der Waals surface area contributed by atoms with E-state index >= 15 is 0 Å². The smallest absolute Gasteiger partial charge is 0.316 e. The number of hydrogen-bond donors (Lipinski definition) is 1. The zero-order valence-corrected chi connectivity index (χ0v) is 14.4. The molecule has 1 N–H and O–H groups in total. The first-order chi connectivity index (χ1) is 11.1. The van der Waals surface area contributed by atoms with Gasteiger partial charge in [0.05, 0.1) is 11.7 Å². The summed E-state index contributed by atoms with van der Waals surface area (Å²) in [6, 6.07) is 6.63. The summed E-state index contributed by atoms with van der Waals surface area (Å²) in [5, 5.41) is 9.54. The highest BCUT2D eigenvalue weighted by Crippen LogP contribution is 2.25. The Hall–Kier alpha value is -1.86. The zero-order valence-electron chi connectivity index (χ0n) is 13.6. The van der Waals surface area contributed by atoms with Crippen LogP contribution >= 0.6 is 11.3 Å². The molecule has 23 heavy (non-hydrogen) atoms. The number of nitrogens with one attached hydrogen (secondary N) is 1. The van der Waals surface area contributed by atoms with Crippen LogP contribution in [0.15, 0.2) is 29.8 Å². The van der Waals surface area contributed by atoms with E-state index in [9.17, 15) is 4.79 Å². The summed E-state index contributed by atoms with van der Waals surface area (Å²) in [6.07, 6.45) is 2.75. The molecule has 0 aliphatic carbocycles. The summed E-state index contributed by atoms with van der Waals surface area (Å²) in [5.41, 5.74) is 1.25. The minimum atomic E-state index is -0.0445. The molecule has 1 aliphatic rings. The normalized spacial score (nSPS) is 17.7. The van der Waals surface area contributed by atoms with E-state index in [4.69, 9.17) is 0 Å². The first kappa shape index (κ1) is 16.0. The highest BCUT2D eigenvalue weighted by atomic mass is 32.1. The van der Waals surface area contributed by atoms with Gasteiger partial charge in [-0.2, -0.15) is 5.10 Å². The van der Waals surface area contributed by atoms with E-state index in [0.29, 0.717) is 12.6 Å². The van der Waals surface area contributed by atoms with Gasteiger partial charge in [-0.05, 0) is 23.9 Å². The van der Waals surface area contributed by atoms with Gasteiger partial charge in [-0.15, -0.1) is 11.3 Å².